The maximum atomic E-state index is 13.1. The molecule has 7 nitrogen and oxygen atoms in total. The molecule has 11 heteroatoms. The van der Waals surface area contributed by atoms with E-state index in [9.17, 15) is 18.0 Å². The van der Waals surface area contributed by atoms with Crippen molar-refractivity contribution < 1.29 is 18.0 Å². The highest BCUT2D eigenvalue weighted by atomic mass is 35.5. The third-order valence-electron chi connectivity index (χ3n) is 5.41. The molecular weight excluding hydrogens is 521 g/mol. The number of carbonyl (C=O) groups excluding carboxylic acids is 2. The Hall–Kier alpha value is -2.00. The lowest BCUT2D eigenvalue weighted by Gasteiger charge is -2.29. The first kappa shape index (κ1) is 28.2. The molecule has 34 heavy (non-hydrogen) atoms. The first-order chi connectivity index (χ1) is 15.9. The van der Waals surface area contributed by atoms with E-state index in [1.165, 1.54) is 16.3 Å². The van der Waals surface area contributed by atoms with Crippen LogP contribution >= 0.6 is 34.8 Å². The van der Waals surface area contributed by atoms with Crippen LogP contribution in [0, 0.1) is 6.92 Å². The van der Waals surface area contributed by atoms with Gasteiger partial charge in [-0.05, 0) is 55.7 Å². The molecular formula is C23H28Cl3N3O4S. The summed E-state index contributed by atoms with van der Waals surface area (Å²) < 4.78 is 26.1. The third-order valence-corrected chi connectivity index (χ3v) is 7.74. The number of likely N-dealkylation sites (N-methyl/N-ethyl adjacent to an activating group) is 1. The zero-order chi connectivity index (χ0) is 25.6. The van der Waals surface area contributed by atoms with Gasteiger partial charge in [-0.2, -0.15) is 0 Å². The average molecular weight is 549 g/mol. The number of nitrogens with zero attached hydrogens (tertiary/aromatic N) is 2. The van der Waals surface area contributed by atoms with Crippen molar-refractivity contribution in [3.05, 3.63) is 62.6 Å². The molecule has 1 N–H and O–H groups in total. The number of nitrogens with one attached hydrogen (secondary N) is 1. The Morgan fingerprint density at radius 3 is 2.32 bits per heavy atom. The second-order valence-corrected chi connectivity index (χ2v) is 11.0. The number of amides is 2. The first-order valence-electron chi connectivity index (χ1n) is 10.5. The molecule has 0 aliphatic carbocycles. The van der Waals surface area contributed by atoms with Gasteiger partial charge in [0.25, 0.3) is 0 Å². The monoisotopic (exact) mass is 547 g/mol. The van der Waals surface area contributed by atoms with E-state index in [4.69, 9.17) is 34.8 Å². The van der Waals surface area contributed by atoms with Gasteiger partial charge < -0.3 is 10.2 Å². The standard InChI is InChI=1S/C23H28Cl3N3O4S/c1-15-18(24)7-5-8-21(15)29(34(4,32)33)12-6-9-22(30)28(16(2)23(31)27-3)14-17-10-11-19(25)20(26)13-17/h5,7-8,10-11,13,16H,6,9,12,14H2,1-4H3,(H,27,31)/t16-/m0/s1. The molecule has 0 saturated heterocycles. The van der Waals surface area contributed by atoms with Crippen LogP contribution in [0.5, 0.6) is 0 Å². The van der Waals surface area contributed by atoms with Gasteiger partial charge in [0.15, 0.2) is 0 Å². The molecule has 186 valence electrons. The Labute approximate surface area is 216 Å². The lowest BCUT2D eigenvalue weighted by Crippen LogP contribution is -2.46. The molecule has 0 aromatic heterocycles. The highest BCUT2D eigenvalue weighted by molar-refractivity contribution is 7.92. The van der Waals surface area contributed by atoms with Gasteiger partial charge in [0.2, 0.25) is 21.8 Å². The quantitative estimate of drug-likeness (QED) is 0.468. The Morgan fingerprint density at radius 1 is 1.06 bits per heavy atom. The molecule has 0 aliphatic rings. The topological polar surface area (TPSA) is 86.8 Å². The smallest absolute Gasteiger partial charge is 0.242 e. The SMILES string of the molecule is CNC(=O)[C@H](C)N(Cc1ccc(Cl)c(Cl)c1)C(=O)CCCN(c1cccc(Cl)c1C)S(C)(=O)=O. The highest BCUT2D eigenvalue weighted by Crippen LogP contribution is 2.29. The Bertz CT molecular complexity index is 1160. The average Bonchev–Trinajstić information content (AvgIpc) is 2.77. The second kappa shape index (κ2) is 12.1. The summed E-state index contributed by atoms with van der Waals surface area (Å²) in [6, 6.07) is 9.31. The largest absolute Gasteiger partial charge is 0.357 e. The molecule has 0 saturated carbocycles. The van der Waals surface area contributed by atoms with Crippen LogP contribution in [0.3, 0.4) is 0 Å². The second-order valence-electron chi connectivity index (χ2n) is 7.88. The van der Waals surface area contributed by atoms with Crippen LogP contribution in [-0.2, 0) is 26.2 Å². The number of hydrogen-bond donors (Lipinski definition) is 1. The van der Waals surface area contributed by atoms with Gasteiger partial charge in [0.05, 0.1) is 22.0 Å². The van der Waals surface area contributed by atoms with Crippen molar-refractivity contribution in [2.75, 3.05) is 24.2 Å². The highest BCUT2D eigenvalue weighted by Gasteiger charge is 2.26. The first-order valence-corrected chi connectivity index (χ1v) is 13.5. The van der Waals surface area contributed by atoms with E-state index < -0.39 is 16.1 Å². The third kappa shape index (κ3) is 7.25. The lowest BCUT2D eigenvalue weighted by molar-refractivity contribution is -0.140. The summed E-state index contributed by atoms with van der Waals surface area (Å²) in [6.45, 7) is 3.60. The number of sulfonamides is 1. The number of hydrogen-bond acceptors (Lipinski definition) is 4. The van der Waals surface area contributed by atoms with Crippen molar-refractivity contribution in [1.82, 2.24) is 10.2 Å². The molecule has 2 rings (SSSR count). The van der Waals surface area contributed by atoms with Gasteiger partial charge in [0, 0.05) is 31.6 Å². The Balaban J connectivity index is 2.20. The van der Waals surface area contributed by atoms with E-state index in [0.29, 0.717) is 31.9 Å². The predicted molar refractivity (Wildman–Crippen MR) is 138 cm³/mol. The summed E-state index contributed by atoms with van der Waals surface area (Å²) in [5.74, 6) is -0.612. The number of halogens is 3. The molecule has 0 unspecified atom stereocenters. The zero-order valence-corrected chi connectivity index (χ0v) is 22.5. The molecule has 2 amide bonds. The molecule has 0 bridgehead atoms. The molecule has 0 radical (unpaired) electrons. The van der Waals surface area contributed by atoms with Gasteiger partial charge in [-0.25, -0.2) is 8.42 Å². The maximum absolute atomic E-state index is 13.1. The van der Waals surface area contributed by atoms with E-state index in [1.807, 2.05) is 0 Å². The van der Waals surface area contributed by atoms with Crippen molar-refractivity contribution in [3.8, 4) is 0 Å². The Morgan fingerprint density at radius 2 is 1.74 bits per heavy atom. The van der Waals surface area contributed by atoms with Gasteiger partial charge in [-0.3, -0.25) is 13.9 Å². The fraction of sp³-hybridized carbons (Fsp3) is 0.391. The van der Waals surface area contributed by atoms with E-state index in [1.54, 1.807) is 50.2 Å². The molecule has 2 aromatic carbocycles. The van der Waals surface area contributed by atoms with Gasteiger partial charge >= 0.3 is 0 Å². The van der Waals surface area contributed by atoms with Crippen LogP contribution in [0.25, 0.3) is 0 Å². The van der Waals surface area contributed by atoms with Crippen molar-refractivity contribution in [2.24, 2.45) is 0 Å². The van der Waals surface area contributed by atoms with Crippen LogP contribution < -0.4 is 9.62 Å². The van der Waals surface area contributed by atoms with E-state index in [0.717, 1.165) is 6.26 Å². The summed E-state index contributed by atoms with van der Waals surface area (Å²) in [6.07, 6.45) is 1.39. The molecule has 0 heterocycles. The van der Waals surface area contributed by atoms with Crippen LogP contribution in [0.1, 0.15) is 30.9 Å². The molecule has 1 atom stereocenters. The molecule has 0 aliphatic heterocycles. The van der Waals surface area contributed by atoms with Crippen LogP contribution in [-0.4, -0.2) is 51.0 Å². The summed E-state index contributed by atoms with van der Waals surface area (Å²) in [5, 5.41) is 3.74. The zero-order valence-electron chi connectivity index (χ0n) is 19.4. The number of carbonyl (C=O) groups is 2. The number of benzene rings is 2. The summed E-state index contributed by atoms with van der Waals surface area (Å²) in [5.41, 5.74) is 1.81. The number of rotatable bonds is 10. The van der Waals surface area contributed by atoms with Gasteiger partial charge in [-0.1, -0.05) is 46.9 Å². The van der Waals surface area contributed by atoms with Crippen LogP contribution in [0.4, 0.5) is 5.69 Å². The number of anilines is 1. The minimum atomic E-state index is -3.61. The van der Waals surface area contributed by atoms with Crippen molar-refractivity contribution in [2.45, 2.75) is 39.3 Å². The van der Waals surface area contributed by atoms with Crippen molar-refractivity contribution in [1.29, 1.82) is 0 Å². The summed E-state index contributed by atoms with van der Waals surface area (Å²) in [4.78, 5) is 26.9. The fourth-order valence-corrected chi connectivity index (χ4v) is 4.98. The fourth-order valence-electron chi connectivity index (χ4n) is 3.47. The lowest BCUT2D eigenvalue weighted by atomic mass is 10.1. The summed E-state index contributed by atoms with van der Waals surface area (Å²) in [7, 11) is -2.11. The summed E-state index contributed by atoms with van der Waals surface area (Å²) >= 11 is 18.3. The minimum Gasteiger partial charge on any atom is -0.357 e. The Kier molecular flexibility index (Phi) is 10.1. The predicted octanol–water partition coefficient (Wildman–Crippen LogP) is 4.66. The van der Waals surface area contributed by atoms with E-state index in [-0.39, 0.29) is 37.7 Å². The maximum Gasteiger partial charge on any atom is 0.242 e. The molecule has 2 aromatic rings. The van der Waals surface area contributed by atoms with Gasteiger partial charge in [0.1, 0.15) is 6.04 Å². The van der Waals surface area contributed by atoms with Crippen molar-refractivity contribution in [3.63, 3.8) is 0 Å². The van der Waals surface area contributed by atoms with E-state index >= 15 is 0 Å². The van der Waals surface area contributed by atoms with Crippen LogP contribution in [0.15, 0.2) is 36.4 Å². The normalized spacial score (nSPS) is 12.2. The molecule has 0 fully saturated rings. The van der Waals surface area contributed by atoms with Gasteiger partial charge in [-0.15, -0.1) is 0 Å². The van der Waals surface area contributed by atoms with Crippen molar-refractivity contribution >= 4 is 62.3 Å². The molecule has 0 spiro atoms. The minimum absolute atomic E-state index is 0.0360. The van der Waals surface area contributed by atoms with E-state index in [2.05, 4.69) is 5.32 Å². The van der Waals surface area contributed by atoms with Crippen LogP contribution in [0.2, 0.25) is 15.1 Å².